The number of rotatable bonds is 2. The van der Waals surface area contributed by atoms with Crippen LogP contribution in [0.25, 0.3) is 0 Å². The van der Waals surface area contributed by atoms with Gasteiger partial charge in [-0.15, -0.1) is 0 Å². The van der Waals surface area contributed by atoms with Gasteiger partial charge < -0.3 is 4.74 Å². The van der Waals surface area contributed by atoms with Gasteiger partial charge in [-0.3, -0.25) is 0 Å². The molecule has 0 saturated heterocycles. The topological polar surface area (TPSA) is 9.23 Å². The smallest absolute Gasteiger partial charge is 0.0601 e. The Bertz CT molecular complexity index is 109. The first-order chi connectivity index (χ1) is 5.25. The van der Waals surface area contributed by atoms with Gasteiger partial charge in [-0.1, -0.05) is 26.7 Å². The number of hydrogen-bond acceptors (Lipinski definition) is 1. The first kappa shape index (κ1) is 9.05. The first-order valence-corrected chi connectivity index (χ1v) is 4.78. The van der Waals surface area contributed by atoms with Crippen molar-refractivity contribution in [2.24, 2.45) is 11.8 Å². The predicted molar refractivity (Wildman–Crippen MR) is 47.6 cm³/mol. The molecule has 0 aromatic rings. The van der Waals surface area contributed by atoms with E-state index in [2.05, 4.69) is 13.8 Å². The third kappa shape index (κ3) is 2.19. The van der Waals surface area contributed by atoms with Crippen LogP contribution in [0.2, 0.25) is 0 Å². The summed E-state index contributed by atoms with van der Waals surface area (Å²) in [5.74, 6) is 1.61. The fourth-order valence-electron chi connectivity index (χ4n) is 2.18. The molecule has 11 heavy (non-hydrogen) atoms. The molecule has 0 amide bonds. The molecular formula is C10H20O. The minimum Gasteiger partial charge on any atom is -0.381 e. The minimum absolute atomic E-state index is 0.545. The molecule has 2 atom stereocenters. The Hall–Kier alpha value is -0.0400. The van der Waals surface area contributed by atoms with E-state index in [-0.39, 0.29) is 0 Å². The van der Waals surface area contributed by atoms with Crippen LogP contribution in [-0.4, -0.2) is 13.2 Å². The molecule has 1 aliphatic rings. The molecule has 1 nitrogen and oxygen atoms in total. The molecule has 0 bridgehead atoms. The quantitative estimate of drug-likeness (QED) is 0.597. The average Bonchev–Trinajstić information content (AvgIpc) is 2.04. The normalized spacial score (nSPS) is 32.7. The maximum Gasteiger partial charge on any atom is 0.0601 e. The van der Waals surface area contributed by atoms with Gasteiger partial charge in [0, 0.05) is 7.11 Å². The molecule has 0 spiro atoms. The van der Waals surface area contributed by atoms with Crippen LogP contribution in [0.15, 0.2) is 0 Å². The average molecular weight is 156 g/mol. The van der Waals surface area contributed by atoms with Gasteiger partial charge in [0.2, 0.25) is 0 Å². The third-order valence-electron chi connectivity index (χ3n) is 2.91. The maximum atomic E-state index is 5.47. The van der Waals surface area contributed by atoms with Gasteiger partial charge in [-0.05, 0) is 24.7 Å². The highest BCUT2D eigenvalue weighted by Gasteiger charge is 2.26. The fourth-order valence-corrected chi connectivity index (χ4v) is 2.18. The molecule has 1 heteroatoms. The lowest BCUT2D eigenvalue weighted by Gasteiger charge is -2.33. The van der Waals surface area contributed by atoms with Gasteiger partial charge in [-0.25, -0.2) is 0 Å². The van der Waals surface area contributed by atoms with Crippen molar-refractivity contribution >= 4 is 0 Å². The summed E-state index contributed by atoms with van der Waals surface area (Å²) in [6, 6.07) is 0. The molecule has 0 N–H and O–H groups in total. The second kappa shape index (κ2) is 4.10. The molecule has 0 aromatic heterocycles. The van der Waals surface area contributed by atoms with Crippen molar-refractivity contribution in [3.8, 4) is 0 Å². The number of hydrogen-bond donors (Lipinski definition) is 0. The van der Waals surface area contributed by atoms with Crippen molar-refractivity contribution in [2.75, 3.05) is 7.11 Å². The molecule has 0 heterocycles. The van der Waals surface area contributed by atoms with Crippen LogP contribution in [0.4, 0.5) is 0 Å². The summed E-state index contributed by atoms with van der Waals surface area (Å²) < 4.78 is 5.47. The molecule has 1 rings (SSSR count). The van der Waals surface area contributed by atoms with Crippen molar-refractivity contribution in [3.63, 3.8) is 0 Å². The standard InChI is InChI=1S/C10H20O/c1-8(2)9-6-4-5-7-10(9)11-3/h8-10H,4-7H2,1-3H3/t9-,10+/m0/s1. The molecule has 66 valence electrons. The second-order valence-electron chi connectivity index (χ2n) is 3.97. The molecule has 1 aliphatic carbocycles. The lowest BCUT2D eigenvalue weighted by atomic mass is 9.79. The van der Waals surface area contributed by atoms with Crippen LogP contribution in [-0.2, 0) is 4.74 Å². The molecule has 1 fully saturated rings. The van der Waals surface area contributed by atoms with E-state index in [0.29, 0.717) is 6.10 Å². The van der Waals surface area contributed by atoms with E-state index in [1.807, 2.05) is 7.11 Å². The van der Waals surface area contributed by atoms with Gasteiger partial charge in [0.05, 0.1) is 6.10 Å². The van der Waals surface area contributed by atoms with E-state index in [9.17, 15) is 0 Å². The van der Waals surface area contributed by atoms with E-state index >= 15 is 0 Å². The van der Waals surface area contributed by atoms with E-state index in [1.54, 1.807) is 0 Å². The zero-order chi connectivity index (χ0) is 8.27. The molecule has 1 saturated carbocycles. The summed E-state index contributed by atoms with van der Waals surface area (Å²) >= 11 is 0. The molecule has 0 unspecified atom stereocenters. The van der Waals surface area contributed by atoms with E-state index in [1.165, 1.54) is 25.7 Å². The fraction of sp³-hybridized carbons (Fsp3) is 1.00. The summed E-state index contributed by atoms with van der Waals surface area (Å²) in [4.78, 5) is 0. The van der Waals surface area contributed by atoms with Crippen LogP contribution >= 0.6 is 0 Å². The zero-order valence-electron chi connectivity index (χ0n) is 7.97. The monoisotopic (exact) mass is 156 g/mol. The van der Waals surface area contributed by atoms with Crippen LogP contribution in [0, 0.1) is 11.8 Å². The van der Waals surface area contributed by atoms with Crippen molar-refractivity contribution in [2.45, 2.75) is 45.6 Å². The highest BCUT2D eigenvalue weighted by molar-refractivity contribution is 4.77. The van der Waals surface area contributed by atoms with E-state index < -0.39 is 0 Å². The largest absolute Gasteiger partial charge is 0.381 e. The Balaban J connectivity index is 2.44. The molecule has 0 aromatic carbocycles. The lowest BCUT2D eigenvalue weighted by molar-refractivity contribution is 0.00526. The Morgan fingerprint density at radius 3 is 2.27 bits per heavy atom. The van der Waals surface area contributed by atoms with Crippen molar-refractivity contribution in [1.29, 1.82) is 0 Å². The highest BCUT2D eigenvalue weighted by Crippen LogP contribution is 2.31. The maximum absolute atomic E-state index is 5.47. The van der Waals surface area contributed by atoms with Crippen LogP contribution in [0.3, 0.4) is 0 Å². The van der Waals surface area contributed by atoms with E-state index in [4.69, 9.17) is 4.74 Å². The van der Waals surface area contributed by atoms with Crippen LogP contribution < -0.4 is 0 Å². The van der Waals surface area contributed by atoms with Crippen molar-refractivity contribution < 1.29 is 4.74 Å². The van der Waals surface area contributed by atoms with Gasteiger partial charge >= 0.3 is 0 Å². The Morgan fingerprint density at radius 2 is 1.82 bits per heavy atom. The molecule has 0 radical (unpaired) electrons. The summed E-state index contributed by atoms with van der Waals surface area (Å²) in [5, 5.41) is 0. The predicted octanol–water partition coefficient (Wildman–Crippen LogP) is 2.85. The Labute approximate surface area is 70.1 Å². The Morgan fingerprint density at radius 1 is 1.18 bits per heavy atom. The van der Waals surface area contributed by atoms with Crippen LogP contribution in [0.5, 0.6) is 0 Å². The highest BCUT2D eigenvalue weighted by atomic mass is 16.5. The lowest BCUT2D eigenvalue weighted by Crippen LogP contribution is -2.30. The SMILES string of the molecule is CO[C@@H]1CCCC[C@H]1C(C)C. The summed E-state index contributed by atoms with van der Waals surface area (Å²) in [6.45, 7) is 4.62. The number of ether oxygens (including phenoxy) is 1. The van der Waals surface area contributed by atoms with Crippen molar-refractivity contribution in [3.05, 3.63) is 0 Å². The van der Waals surface area contributed by atoms with Gasteiger partial charge in [0.25, 0.3) is 0 Å². The third-order valence-corrected chi connectivity index (χ3v) is 2.91. The summed E-state index contributed by atoms with van der Waals surface area (Å²) in [7, 11) is 1.85. The van der Waals surface area contributed by atoms with Crippen molar-refractivity contribution in [1.82, 2.24) is 0 Å². The number of methoxy groups -OCH3 is 1. The summed E-state index contributed by atoms with van der Waals surface area (Å²) in [5.41, 5.74) is 0. The Kier molecular flexibility index (Phi) is 3.38. The van der Waals surface area contributed by atoms with E-state index in [0.717, 1.165) is 11.8 Å². The van der Waals surface area contributed by atoms with Gasteiger partial charge in [-0.2, -0.15) is 0 Å². The van der Waals surface area contributed by atoms with Crippen LogP contribution in [0.1, 0.15) is 39.5 Å². The zero-order valence-corrected chi connectivity index (χ0v) is 7.97. The molecular weight excluding hydrogens is 136 g/mol. The molecule has 0 aliphatic heterocycles. The van der Waals surface area contributed by atoms with Gasteiger partial charge in [0.1, 0.15) is 0 Å². The second-order valence-corrected chi connectivity index (χ2v) is 3.97. The minimum atomic E-state index is 0.545. The van der Waals surface area contributed by atoms with Gasteiger partial charge in [0.15, 0.2) is 0 Å². The first-order valence-electron chi connectivity index (χ1n) is 4.78. The summed E-state index contributed by atoms with van der Waals surface area (Å²) in [6.07, 6.45) is 5.96.